The van der Waals surface area contributed by atoms with Gasteiger partial charge < -0.3 is 5.11 Å². The largest absolute Gasteiger partial charge is 0.392 e. The van der Waals surface area contributed by atoms with Crippen molar-refractivity contribution in [3.63, 3.8) is 0 Å². The molecule has 78 valence electrons. The summed E-state index contributed by atoms with van der Waals surface area (Å²) in [6, 6.07) is 0.350. The van der Waals surface area contributed by atoms with E-state index in [1.807, 2.05) is 0 Å². The zero-order valence-electron chi connectivity index (χ0n) is 9.00. The molecule has 2 nitrogen and oxygen atoms in total. The molecule has 0 bridgehead atoms. The number of nitrogens with zero attached hydrogens (tertiary/aromatic N) is 1. The third-order valence-electron chi connectivity index (χ3n) is 3.19. The van der Waals surface area contributed by atoms with Gasteiger partial charge in [-0.05, 0) is 39.3 Å². The fraction of sp³-hybridized carbons (Fsp3) is 1.00. The standard InChI is InChI=1S/C11H23NO/c1-3-11(13)10(2)12-8-6-4-5-7-9-12/h10-11,13H,3-9H2,1-2H3. The number of hydrogen-bond acceptors (Lipinski definition) is 2. The van der Waals surface area contributed by atoms with Crippen molar-refractivity contribution in [2.75, 3.05) is 13.1 Å². The van der Waals surface area contributed by atoms with E-state index >= 15 is 0 Å². The van der Waals surface area contributed by atoms with Gasteiger partial charge >= 0.3 is 0 Å². The van der Waals surface area contributed by atoms with Crippen molar-refractivity contribution < 1.29 is 5.11 Å². The van der Waals surface area contributed by atoms with Gasteiger partial charge in [-0.1, -0.05) is 19.8 Å². The van der Waals surface area contributed by atoms with E-state index < -0.39 is 0 Å². The number of hydrogen-bond donors (Lipinski definition) is 1. The highest BCUT2D eigenvalue weighted by atomic mass is 16.3. The van der Waals surface area contributed by atoms with E-state index in [1.54, 1.807) is 0 Å². The normalized spacial score (nSPS) is 25.2. The molecular formula is C11H23NO. The average molecular weight is 185 g/mol. The molecule has 2 atom stereocenters. The molecule has 0 aromatic carbocycles. The molecule has 0 amide bonds. The van der Waals surface area contributed by atoms with Gasteiger partial charge in [0.1, 0.15) is 0 Å². The molecule has 0 saturated carbocycles. The molecule has 13 heavy (non-hydrogen) atoms. The molecule has 2 unspecified atom stereocenters. The summed E-state index contributed by atoms with van der Waals surface area (Å²) in [5.74, 6) is 0. The van der Waals surface area contributed by atoms with Crippen LogP contribution < -0.4 is 0 Å². The van der Waals surface area contributed by atoms with E-state index in [-0.39, 0.29) is 6.10 Å². The van der Waals surface area contributed by atoms with Crippen LogP contribution in [0.1, 0.15) is 46.0 Å². The van der Waals surface area contributed by atoms with Crippen LogP contribution in [0.25, 0.3) is 0 Å². The Bertz CT molecular complexity index is 130. The van der Waals surface area contributed by atoms with Gasteiger partial charge in [0.2, 0.25) is 0 Å². The molecule has 1 fully saturated rings. The maximum absolute atomic E-state index is 9.73. The van der Waals surface area contributed by atoms with Gasteiger partial charge in [0.05, 0.1) is 6.10 Å². The summed E-state index contributed by atoms with van der Waals surface area (Å²) in [6.07, 6.45) is 6.08. The van der Waals surface area contributed by atoms with Crippen LogP contribution in [0, 0.1) is 0 Å². The van der Waals surface area contributed by atoms with E-state index in [0.717, 1.165) is 6.42 Å². The van der Waals surface area contributed by atoms with Crippen LogP contribution in [0.15, 0.2) is 0 Å². The second-order valence-corrected chi connectivity index (χ2v) is 4.17. The SMILES string of the molecule is CCC(O)C(C)N1CCCCCC1. The maximum atomic E-state index is 9.73. The lowest BCUT2D eigenvalue weighted by Crippen LogP contribution is -2.41. The number of likely N-dealkylation sites (tertiary alicyclic amines) is 1. The minimum absolute atomic E-state index is 0.141. The first kappa shape index (κ1) is 11.0. The molecule has 0 spiro atoms. The van der Waals surface area contributed by atoms with E-state index in [2.05, 4.69) is 18.7 Å². The molecule has 0 aromatic rings. The molecule has 0 aromatic heterocycles. The monoisotopic (exact) mass is 185 g/mol. The van der Waals surface area contributed by atoms with Crippen LogP contribution >= 0.6 is 0 Å². The zero-order valence-corrected chi connectivity index (χ0v) is 9.00. The van der Waals surface area contributed by atoms with Crippen LogP contribution in [0.4, 0.5) is 0 Å². The van der Waals surface area contributed by atoms with Crippen LogP contribution in [0.5, 0.6) is 0 Å². The van der Waals surface area contributed by atoms with E-state index in [0.29, 0.717) is 6.04 Å². The zero-order chi connectivity index (χ0) is 9.68. The highest BCUT2D eigenvalue weighted by Crippen LogP contribution is 2.15. The van der Waals surface area contributed by atoms with Gasteiger partial charge in [0, 0.05) is 6.04 Å². The molecule has 0 aliphatic carbocycles. The Morgan fingerprint density at radius 2 is 1.69 bits per heavy atom. The predicted molar refractivity (Wildman–Crippen MR) is 55.8 cm³/mol. The van der Waals surface area contributed by atoms with E-state index in [4.69, 9.17) is 0 Å². The Morgan fingerprint density at radius 3 is 2.15 bits per heavy atom. The molecule has 1 aliphatic heterocycles. The molecule has 2 heteroatoms. The summed E-state index contributed by atoms with van der Waals surface area (Å²) in [5, 5.41) is 9.73. The molecule has 0 radical (unpaired) electrons. The second kappa shape index (κ2) is 5.61. The number of rotatable bonds is 3. The fourth-order valence-electron chi connectivity index (χ4n) is 2.09. The van der Waals surface area contributed by atoms with Crippen molar-refractivity contribution in [2.24, 2.45) is 0 Å². The Kier molecular flexibility index (Phi) is 4.74. The van der Waals surface area contributed by atoms with Crippen LogP contribution in [0.2, 0.25) is 0 Å². The van der Waals surface area contributed by atoms with Crippen LogP contribution in [0.3, 0.4) is 0 Å². The van der Waals surface area contributed by atoms with Crippen LogP contribution in [-0.2, 0) is 0 Å². The van der Waals surface area contributed by atoms with Gasteiger partial charge in [-0.3, -0.25) is 4.90 Å². The quantitative estimate of drug-likeness (QED) is 0.727. The van der Waals surface area contributed by atoms with E-state index in [1.165, 1.54) is 38.8 Å². The van der Waals surface area contributed by atoms with Crippen molar-refractivity contribution in [2.45, 2.75) is 58.1 Å². The Hall–Kier alpha value is -0.0800. The molecule has 1 heterocycles. The smallest absolute Gasteiger partial charge is 0.0690 e. The minimum Gasteiger partial charge on any atom is -0.392 e. The van der Waals surface area contributed by atoms with Crippen LogP contribution in [-0.4, -0.2) is 35.2 Å². The first-order valence-electron chi connectivity index (χ1n) is 5.67. The lowest BCUT2D eigenvalue weighted by atomic mass is 10.1. The van der Waals surface area contributed by atoms with Crippen molar-refractivity contribution >= 4 is 0 Å². The first-order chi connectivity index (χ1) is 6.25. The summed E-state index contributed by atoms with van der Waals surface area (Å²) in [4.78, 5) is 2.45. The third-order valence-corrected chi connectivity index (χ3v) is 3.19. The summed E-state index contributed by atoms with van der Waals surface area (Å²) in [5.41, 5.74) is 0. The summed E-state index contributed by atoms with van der Waals surface area (Å²) < 4.78 is 0. The molecule has 1 N–H and O–H groups in total. The molecule has 1 saturated heterocycles. The van der Waals surface area contributed by atoms with Crippen molar-refractivity contribution in [1.29, 1.82) is 0 Å². The van der Waals surface area contributed by atoms with Crippen molar-refractivity contribution in [3.05, 3.63) is 0 Å². The third kappa shape index (κ3) is 3.28. The number of aliphatic hydroxyl groups is 1. The Balaban J connectivity index is 2.38. The van der Waals surface area contributed by atoms with E-state index in [9.17, 15) is 5.11 Å². The molecule has 1 rings (SSSR count). The fourth-order valence-corrected chi connectivity index (χ4v) is 2.09. The number of aliphatic hydroxyl groups excluding tert-OH is 1. The van der Waals surface area contributed by atoms with Gasteiger partial charge in [-0.15, -0.1) is 0 Å². The minimum atomic E-state index is -0.141. The molecule has 1 aliphatic rings. The predicted octanol–water partition coefficient (Wildman–Crippen LogP) is 2.02. The van der Waals surface area contributed by atoms with Gasteiger partial charge in [0.15, 0.2) is 0 Å². The van der Waals surface area contributed by atoms with Crippen molar-refractivity contribution in [3.8, 4) is 0 Å². The summed E-state index contributed by atoms with van der Waals surface area (Å²) in [7, 11) is 0. The Morgan fingerprint density at radius 1 is 1.15 bits per heavy atom. The topological polar surface area (TPSA) is 23.5 Å². The van der Waals surface area contributed by atoms with Gasteiger partial charge in [-0.2, -0.15) is 0 Å². The second-order valence-electron chi connectivity index (χ2n) is 4.17. The summed E-state index contributed by atoms with van der Waals surface area (Å²) >= 11 is 0. The lowest BCUT2D eigenvalue weighted by molar-refractivity contribution is 0.0578. The molecular weight excluding hydrogens is 162 g/mol. The lowest BCUT2D eigenvalue weighted by Gasteiger charge is -2.30. The highest BCUT2D eigenvalue weighted by molar-refractivity contribution is 4.75. The first-order valence-corrected chi connectivity index (χ1v) is 5.67. The Labute approximate surface area is 81.9 Å². The maximum Gasteiger partial charge on any atom is 0.0690 e. The van der Waals surface area contributed by atoms with Gasteiger partial charge in [-0.25, -0.2) is 0 Å². The average Bonchev–Trinajstić information content (AvgIpc) is 2.43. The van der Waals surface area contributed by atoms with Gasteiger partial charge in [0.25, 0.3) is 0 Å². The highest BCUT2D eigenvalue weighted by Gasteiger charge is 2.20. The van der Waals surface area contributed by atoms with Crippen molar-refractivity contribution in [1.82, 2.24) is 4.90 Å². The summed E-state index contributed by atoms with van der Waals surface area (Å²) in [6.45, 7) is 6.56.